The topological polar surface area (TPSA) is 88.6 Å². The molecule has 0 fully saturated rings. The highest BCUT2D eigenvalue weighted by Gasteiger charge is 2.12. The molecule has 0 spiro atoms. The molecule has 0 bridgehead atoms. The summed E-state index contributed by atoms with van der Waals surface area (Å²) in [6.45, 7) is 0. The number of nitrogens with zero attached hydrogens (tertiary/aromatic N) is 6. The minimum atomic E-state index is 0.596. The number of aliphatic imine (C=N–C) groups is 2. The molecule has 0 radical (unpaired) electrons. The first-order chi connectivity index (χ1) is 14.9. The molecule has 0 saturated heterocycles. The van der Waals surface area contributed by atoms with E-state index in [9.17, 15) is 0 Å². The van der Waals surface area contributed by atoms with E-state index in [0.29, 0.717) is 6.42 Å². The summed E-state index contributed by atoms with van der Waals surface area (Å²) in [5.41, 5.74) is 5.95. The first-order valence-corrected chi connectivity index (χ1v) is 10.2. The average Bonchev–Trinajstić information content (AvgIpc) is 3.30. The normalized spacial score (nSPS) is 12.7. The number of H-pyrrole nitrogens is 2. The summed E-state index contributed by atoms with van der Waals surface area (Å²) in [5.74, 6) is 3.60. The molecule has 0 aliphatic heterocycles. The zero-order valence-corrected chi connectivity index (χ0v) is 18.9. The van der Waals surface area contributed by atoms with Crippen molar-refractivity contribution in [1.29, 1.82) is 0 Å². The van der Waals surface area contributed by atoms with E-state index in [-0.39, 0.29) is 0 Å². The largest absolute Gasteiger partial charge is 0.363 e. The molecule has 2 aromatic heterocycles. The van der Waals surface area contributed by atoms with Crippen molar-refractivity contribution in [2.45, 2.75) is 6.42 Å². The lowest BCUT2D eigenvalue weighted by Crippen LogP contribution is -2.22. The third-order valence-electron chi connectivity index (χ3n) is 5.18. The number of hydrogen-bond donors (Lipinski definition) is 2. The van der Waals surface area contributed by atoms with Crippen LogP contribution in [0.5, 0.6) is 0 Å². The number of rotatable bonds is 4. The van der Waals surface area contributed by atoms with E-state index in [1.54, 1.807) is 14.1 Å². The lowest BCUT2D eigenvalue weighted by atomic mass is 10.1. The Morgan fingerprint density at radius 1 is 0.742 bits per heavy atom. The predicted octanol–water partition coefficient (Wildman–Crippen LogP) is 2.91. The number of nitrogens with one attached hydrogen (secondary N) is 2. The van der Waals surface area contributed by atoms with Crippen LogP contribution in [-0.2, 0) is 6.42 Å². The van der Waals surface area contributed by atoms with E-state index >= 15 is 0 Å². The molecule has 0 aliphatic rings. The fraction of sp³-hybridized carbons (Fsp3) is 0.304. The first-order valence-electron chi connectivity index (χ1n) is 10.2. The molecule has 0 saturated carbocycles. The second-order valence-electron chi connectivity index (χ2n) is 7.89. The van der Waals surface area contributed by atoms with Crippen molar-refractivity contribution in [3.8, 4) is 0 Å². The van der Waals surface area contributed by atoms with Crippen molar-refractivity contribution in [2.24, 2.45) is 9.98 Å². The summed E-state index contributed by atoms with van der Waals surface area (Å²) in [7, 11) is 11.6. The monoisotopic (exact) mass is 416 g/mol. The summed E-state index contributed by atoms with van der Waals surface area (Å²) in [5, 5.41) is 0. The third kappa shape index (κ3) is 4.01. The third-order valence-corrected chi connectivity index (χ3v) is 5.18. The number of benzene rings is 2. The SMILES string of the molecule is CN=C(c1ccc2nc(Cc3nc4ccc(C(=NC)N(C)C)cc4[nH]3)[nH]c2c1)N(C)C. The van der Waals surface area contributed by atoms with Crippen molar-refractivity contribution in [2.75, 3.05) is 42.3 Å². The van der Waals surface area contributed by atoms with Gasteiger partial charge in [-0.2, -0.15) is 0 Å². The Labute approximate surface area is 181 Å². The fourth-order valence-corrected chi connectivity index (χ4v) is 3.90. The van der Waals surface area contributed by atoms with E-state index in [4.69, 9.17) is 9.97 Å². The Kier molecular flexibility index (Phi) is 5.46. The van der Waals surface area contributed by atoms with Crippen molar-refractivity contribution in [3.05, 3.63) is 59.2 Å². The van der Waals surface area contributed by atoms with Crippen molar-refractivity contribution in [1.82, 2.24) is 29.7 Å². The summed E-state index contributed by atoms with van der Waals surface area (Å²) >= 11 is 0. The van der Waals surface area contributed by atoms with Gasteiger partial charge in [0.1, 0.15) is 23.3 Å². The zero-order valence-electron chi connectivity index (χ0n) is 18.9. The minimum absolute atomic E-state index is 0.596. The summed E-state index contributed by atoms with van der Waals surface area (Å²) in [6.07, 6.45) is 0.596. The van der Waals surface area contributed by atoms with E-state index in [0.717, 1.165) is 56.5 Å². The van der Waals surface area contributed by atoms with Gasteiger partial charge in [0, 0.05) is 53.4 Å². The van der Waals surface area contributed by atoms with Crippen LogP contribution in [0, 0.1) is 0 Å². The highest BCUT2D eigenvalue weighted by atomic mass is 15.1. The molecule has 8 heteroatoms. The van der Waals surface area contributed by atoms with Crippen LogP contribution < -0.4 is 0 Å². The Balaban J connectivity index is 1.62. The average molecular weight is 417 g/mol. The molecule has 0 unspecified atom stereocenters. The number of amidine groups is 2. The van der Waals surface area contributed by atoms with E-state index in [2.05, 4.69) is 44.2 Å². The van der Waals surface area contributed by atoms with Gasteiger partial charge in [0.05, 0.1) is 28.5 Å². The maximum absolute atomic E-state index is 4.74. The van der Waals surface area contributed by atoms with Crippen LogP contribution >= 0.6 is 0 Å². The van der Waals surface area contributed by atoms with Crippen LogP contribution in [0.4, 0.5) is 0 Å². The maximum atomic E-state index is 4.74. The van der Waals surface area contributed by atoms with Gasteiger partial charge in [0.25, 0.3) is 0 Å². The number of aromatic amines is 2. The molecule has 160 valence electrons. The Morgan fingerprint density at radius 3 is 1.52 bits per heavy atom. The molecule has 4 rings (SSSR count). The molecule has 2 aromatic carbocycles. The molecular weight excluding hydrogens is 388 g/mol. The summed E-state index contributed by atoms with van der Waals surface area (Å²) in [6, 6.07) is 12.3. The fourth-order valence-electron chi connectivity index (χ4n) is 3.90. The van der Waals surface area contributed by atoms with E-state index < -0.39 is 0 Å². The summed E-state index contributed by atoms with van der Waals surface area (Å²) in [4.78, 5) is 29.1. The molecule has 2 N–H and O–H groups in total. The lowest BCUT2D eigenvalue weighted by molar-refractivity contribution is 0.622. The molecule has 0 amide bonds. The highest BCUT2D eigenvalue weighted by molar-refractivity contribution is 6.01. The maximum Gasteiger partial charge on any atom is 0.130 e. The Bertz CT molecular complexity index is 1190. The second-order valence-corrected chi connectivity index (χ2v) is 7.89. The van der Waals surface area contributed by atoms with Crippen molar-refractivity contribution in [3.63, 3.8) is 0 Å². The molecule has 0 atom stereocenters. The van der Waals surface area contributed by atoms with Gasteiger partial charge in [-0.1, -0.05) is 0 Å². The van der Waals surface area contributed by atoms with Crippen molar-refractivity contribution < 1.29 is 0 Å². The molecule has 0 aliphatic carbocycles. The quantitative estimate of drug-likeness (QED) is 0.395. The zero-order chi connectivity index (χ0) is 22.1. The second kappa shape index (κ2) is 8.22. The summed E-state index contributed by atoms with van der Waals surface area (Å²) < 4.78 is 0. The molecule has 8 nitrogen and oxygen atoms in total. The van der Waals surface area contributed by atoms with Gasteiger partial charge in [-0.05, 0) is 36.4 Å². The molecular formula is C23H28N8. The molecule has 31 heavy (non-hydrogen) atoms. The number of imidazole rings is 2. The standard InChI is InChI=1S/C23H28N8/c1-24-22(30(3)4)14-7-9-16-18(11-14)28-20(26-16)13-21-27-17-10-8-15(12-19(17)29-21)23(25-2)31(5)6/h7-12H,13H2,1-6H3,(H,26,28)(H,27,29). The Morgan fingerprint density at radius 2 is 1.16 bits per heavy atom. The number of fused-ring (bicyclic) bond motifs is 2. The first kappa shape index (κ1) is 20.6. The van der Waals surface area contributed by atoms with Gasteiger partial charge in [-0.25, -0.2) is 9.97 Å². The predicted molar refractivity (Wildman–Crippen MR) is 127 cm³/mol. The van der Waals surface area contributed by atoms with Crippen LogP contribution in [0.3, 0.4) is 0 Å². The minimum Gasteiger partial charge on any atom is -0.363 e. The van der Waals surface area contributed by atoms with Gasteiger partial charge in [0.15, 0.2) is 0 Å². The van der Waals surface area contributed by atoms with Crippen LogP contribution in [0.25, 0.3) is 22.1 Å². The molecule has 4 aromatic rings. The van der Waals surface area contributed by atoms with Gasteiger partial charge in [0.2, 0.25) is 0 Å². The van der Waals surface area contributed by atoms with Crippen LogP contribution in [0.1, 0.15) is 22.8 Å². The lowest BCUT2D eigenvalue weighted by Gasteiger charge is -2.15. The van der Waals surface area contributed by atoms with E-state index in [1.165, 1.54) is 0 Å². The van der Waals surface area contributed by atoms with Gasteiger partial charge in [-0.3, -0.25) is 9.98 Å². The number of aromatic nitrogens is 4. The Hall–Kier alpha value is -3.68. The van der Waals surface area contributed by atoms with Gasteiger partial charge >= 0.3 is 0 Å². The van der Waals surface area contributed by atoms with Crippen molar-refractivity contribution >= 4 is 33.7 Å². The van der Waals surface area contributed by atoms with Gasteiger partial charge in [-0.15, -0.1) is 0 Å². The number of hydrogen-bond acceptors (Lipinski definition) is 4. The van der Waals surface area contributed by atoms with Crippen LogP contribution in [-0.4, -0.2) is 83.7 Å². The smallest absolute Gasteiger partial charge is 0.130 e. The highest BCUT2D eigenvalue weighted by Crippen LogP contribution is 2.19. The molecule has 2 heterocycles. The van der Waals surface area contributed by atoms with E-state index in [1.807, 2.05) is 50.1 Å². The van der Waals surface area contributed by atoms with Crippen LogP contribution in [0.15, 0.2) is 46.4 Å². The van der Waals surface area contributed by atoms with Crippen LogP contribution in [0.2, 0.25) is 0 Å². The van der Waals surface area contributed by atoms with Gasteiger partial charge < -0.3 is 19.8 Å².